The highest BCUT2D eigenvalue weighted by atomic mass is 32.2. The topological polar surface area (TPSA) is 60.1 Å². The summed E-state index contributed by atoms with van der Waals surface area (Å²) in [4.78, 5) is 21.2. The molecule has 0 aliphatic rings. The maximum atomic E-state index is 12.8. The first kappa shape index (κ1) is 20.3. The number of benzene rings is 1. The highest BCUT2D eigenvalue weighted by molar-refractivity contribution is 7.99. The quantitative estimate of drug-likeness (QED) is 0.582. The highest BCUT2D eigenvalue weighted by Gasteiger charge is 2.35. The molecule has 3 rings (SSSR count). The van der Waals surface area contributed by atoms with E-state index in [1.807, 2.05) is 43.3 Å². The summed E-state index contributed by atoms with van der Waals surface area (Å²) in [7, 11) is 1.31. The van der Waals surface area contributed by atoms with E-state index in [1.165, 1.54) is 18.8 Å². The van der Waals surface area contributed by atoms with Gasteiger partial charge in [0.15, 0.2) is 0 Å². The van der Waals surface area contributed by atoms with Gasteiger partial charge in [0.05, 0.1) is 0 Å². The Morgan fingerprint density at radius 3 is 2.57 bits per heavy atom. The Labute approximate surface area is 167 Å². The Hall–Kier alpha value is -2.46. The van der Waals surface area contributed by atoms with Crippen molar-refractivity contribution >= 4 is 29.0 Å². The molecule has 1 amide bonds. The minimum Gasteiger partial charge on any atom is -0.265 e. The number of hydrogen-bond donors (Lipinski definition) is 0. The Morgan fingerprint density at radius 1 is 1.25 bits per heavy atom. The average molecular weight is 424 g/mol. The van der Waals surface area contributed by atoms with Crippen LogP contribution < -0.4 is 4.80 Å². The number of halogens is 3. The molecule has 0 N–H and O–H groups in total. The van der Waals surface area contributed by atoms with Crippen LogP contribution in [-0.4, -0.2) is 26.4 Å². The van der Waals surface area contributed by atoms with Gasteiger partial charge in [-0.3, -0.25) is 4.79 Å². The lowest BCUT2D eigenvalue weighted by Gasteiger charge is -2.07. The number of pyridine rings is 1. The van der Waals surface area contributed by atoms with Crippen LogP contribution in [0.25, 0.3) is 11.1 Å². The summed E-state index contributed by atoms with van der Waals surface area (Å²) in [6, 6.07) is 11.4. The molecule has 0 saturated carbocycles. The normalized spacial score (nSPS) is 12.4. The van der Waals surface area contributed by atoms with Gasteiger partial charge < -0.3 is 0 Å². The molecule has 0 atom stereocenters. The summed E-state index contributed by atoms with van der Waals surface area (Å²) in [5, 5.41) is 2.32. The number of aryl methyl sites for hydroxylation is 1. The van der Waals surface area contributed by atoms with Crippen molar-refractivity contribution in [3.8, 4) is 11.1 Å². The van der Waals surface area contributed by atoms with Crippen molar-refractivity contribution in [3.63, 3.8) is 0 Å². The molecule has 146 valence electrons. The van der Waals surface area contributed by atoms with Crippen LogP contribution in [0.15, 0.2) is 52.5 Å². The van der Waals surface area contributed by atoms with Gasteiger partial charge in [-0.15, -0.1) is 11.8 Å². The van der Waals surface area contributed by atoms with Gasteiger partial charge in [0.25, 0.3) is 5.91 Å². The van der Waals surface area contributed by atoms with Crippen LogP contribution in [0.3, 0.4) is 0 Å². The smallest absolute Gasteiger partial charge is 0.265 e. The van der Waals surface area contributed by atoms with E-state index in [1.54, 1.807) is 6.20 Å². The largest absolute Gasteiger partial charge is 0.445 e. The van der Waals surface area contributed by atoms with Gasteiger partial charge in [0.2, 0.25) is 9.81 Å². The number of amides is 1. The van der Waals surface area contributed by atoms with E-state index in [0.717, 1.165) is 15.8 Å². The van der Waals surface area contributed by atoms with Crippen LogP contribution in [0.5, 0.6) is 0 Å². The molecule has 0 saturated heterocycles. The zero-order valence-electron chi connectivity index (χ0n) is 14.9. The van der Waals surface area contributed by atoms with Crippen LogP contribution >= 0.6 is 23.1 Å². The van der Waals surface area contributed by atoms with Crippen molar-refractivity contribution in [1.82, 2.24) is 14.8 Å². The van der Waals surface area contributed by atoms with Crippen molar-refractivity contribution in [1.29, 1.82) is 0 Å². The van der Waals surface area contributed by atoms with Crippen LogP contribution in [0.1, 0.15) is 22.4 Å². The molecule has 0 radical (unpaired) electrons. The van der Waals surface area contributed by atoms with E-state index in [2.05, 4.69) is 15.1 Å². The highest BCUT2D eigenvalue weighted by Crippen LogP contribution is 2.29. The van der Waals surface area contributed by atoms with Crippen LogP contribution in [0.4, 0.5) is 13.2 Å². The molecule has 0 aliphatic heterocycles. The summed E-state index contributed by atoms with van der Waals surface area (Å²) >= 11 is 1.73. The molecule has 0 spiro atoms. The number of aromatic nitrogens is 3. The number of alkyl halides is 3. The van der Waals surface area contributed by atoms with Crippen LogP contribution in [0.2, 0.25) is 0 Å². The first-order valence-electron chi connectivity index (χ1n) is 8.18. The molecule has 2 aromatic heterocycles. The second-order valence-electron chi connectivity index (χ2n) is 5.60. The second-order valence-corrected chi connectivity index (χ2v) is 7.86. The van der Waals surface area contributed by atoms with Crippen molar-refractivity contribution in [2.45, 2.75) is 18.0 Å². The Morgan fingerprint density at radius 2 is 1.96 bits per heavy atom. The first-order valence-corrected chi connectivity index (χ1v) is 9.98. The fraction of sp³-hybridized carbons (Fsp3) is 0.222. The number of rotatable bonds is 4. The molecular formula is C18H15F3N4OS2. The van der Waals surface area contributed by atoms with E-state index >= 15 is 0 Å². The molecule has 0 aliphatic carbocycles. The summed E-state index contributed by atoms with van der Waals surface area (Å²) in [6.07, 6.45) is -3.02. The minimum atomic E-state index is -4.59. The monoisotopic (exact) mass is 424 g/mol. The lowest BCUT2D eigenvalue weighted by Crippen LogP contribution is -2.15. The standard InChI is InChI=1S/C18H15F3N4OS2/c1-3-27-13-9-12(11-7-5-4-6-8-11)10-22-14(13)15(26)23-17-25(2)24-16(28-17)18(19,20)21/h4-10H,3H2,1-2H3/b23-17-. The van der Waals surface area contributed by atoms with Crippen LogP contribution in [0, 0.1) is 0 Å². The molecule has 1 aromatic carbocycles. The molecule has 0 bridgehead atoms. The SMILES string of the molecule is CCSc1cc(-c2ccccc2)cnc1C(=O)/N=c1\sc(C(F)(F)F)nn1C. The third kappa shape index (κ3) is 4.50. The van der Waals surface area contributed by atoms with Crippen molar-refractivity contribution in [2.75, 3.05) is 5.75 Å². The zero-order valence-corrected chi connectivity index (χ0v) is 16.5. The maximum Gasteiger partial charge on any atom is 0.445 e. The fourth-order valence-electron chi connectivity index (χ4n) is 2.36. The van der Waals surface area contributed by atoms with E-state index in [0.29, 0.717) is 22.0 Å². The van der Waals surface area contributed by atoms with E-state index in [-0.39, 0.29) is 10.5 Å². The molecule has 3 aromatic rings. The molecule has 0 unspecified atom stereocenters. The summed E-state index contributed by atoms with van der Waals surface area (Å²) in [6.45, 7) is 1.93. The summed E-state index contributed by atoms with van der Waals surface area (Å²) in [5.41, 5.74) is 1.90. The Bertz CT molecular complexity index is 1060. The lowest BCUT2D eigenvalue weighted by atomic mass is 10.1. The third-order valence-electron chi connectivity index (χ3n) is 3.61. The van der Waals surface area contributed by atoms with Gasteiger partial charge in [0.1, 0.15) is 5.69 Å². The van der Waals surface area contributed by atoms with Crippen LogP contribution in [-0.2, 0) is 13.2 Å². The molecule has 0 fully saturated rings. The average Bonchev–Trinajstić information content (AvgIpc) is 3.03. The second kappa shape index (κ2) is 8.27. The summed E-state index contributed by atoms with van der Waals surface area (Å²) in [5.74, 6) is -0.00391. The minimum absolute atomic E-state index is 0.105. The third-order valence-corrected chi connectivity index (χ3v) is 5.56. The summed E-state index contributed by atoms with van der Waals surface area (Å²) < 4.78 is 39.4. The Kier molecular flexibility index (Phi) is 5.99. The number of thioether (sulfide) groups is 1. The molecule has 10 heteroatoms. The van der Waals surface area contributed by atoms with Gasteiger partial charge in [-0.1, -0.05) is 48.6 Å². The lowest BCUT2D eigenvalue weighted by molar-refractivity contribution is -0.138. The molecule has 5 nitrogen and oxygen atoms in total. The predicted molar refractivity (Wildman–Crippen MR) is 102 cm³/mol. The molecule has 28 heavy (non-hydrogen) atoms. The first-order chi connectivity index (χ1) is 13.3. The predicted octanol–water partition coefficient (Wildman–Crippen LogP) is 4.42. The number of hydrogen-bond acceptors (Lipinski definition) is 5. The van der Waals surface area contributed by atoms with Gasteiger partial charge in [-0.2, -0.15) is 23.3 Å². The van der Waals surface area contributed by atoms with Gasteiger partial charge >= 0.3 is 6.18 Å². The number of carbonyl (C=O) groups excluding carboxylic acids is 1. The fourth-order valence-corrected chi connectivity index (χ4v) is 3.91. The maximum absolute atomic E-state index is 12.8. The van der Waals surface area contributed by atoms with Gasteiger partial charge in [-0.05, 0) is 17.4 Å². The van der Waals surface area contributed by atoms with Crippen molar-refractivity contribution < 1.29 is 18.0 Å². The number of nitrogens with zero attached hydrogens (tertiary/aromatic N) is 4. The van der Waals surface area contributed by atoms with E-state index in [4.69, 9.17) is 0 Å². The van der Waals surface area contributed by atoms with E-state index in [9.17, 15) is 18.0 Å². The van der Waals surface area contributed by atoms with Crippen molar-refractivity contribution in [2.24, 2.45) is 12.0 Å². The number of carbonyl (C=O) groups is 1. The van der Waals surface area contributed by atoms with E-state index < -0.39 is 17.1 Å². The van der Waals surface area contributed by atoms with Crippen molar-refractivity contribution in [3.05, 3.63) is 58.1 Å². The molecule has 2 heterocycles. The van der Waals surface area contributed by atoms with Gasteiger partial charge in [0, 0.05) is 23.7 Å². The van der Waals surface area contributed by atoms with Gasteiger partial charge in [-0.25, -0.2) is 9.67 Å². The molecular weight excluding hydrogens is 409 g/mol. The Balaban J connectivity index is 2.01. The zero-order chi connectivity index (χ0) is 20.3.